The molecule has 0 aromatic heterocycles. The Morgan fingerprint density at radius 1 is 0.333 bits per heavy atom. The number of rotatable bonds is 71. The number of allylic oxidation sites excluding steroid dienone is 18. The first-order valence-electron chi connectivity index (χ1n) is 44.6. The fourth-order valence-electron chi connectivity index (χ4n) is 14.5. The van der Waals surface area contributed by atoms with Crippen LogP contribution in [0.4, 0.5) is 0 Å². The topological polar surface area (TPSA) is 307 Å². The molecule has 0 radical (unpaired) electrons. The van der Waals surface area contributed by atoms with Crippen LogP contribution < -0.4 is 5.32 Å². The van der Waals surface area contributed by atoms with Gasteiger partial charge in [0.25, 0.3) is 0 Å². The minimum atomic E-state index is -1.98. The molecule has 0 aromatic carbocycles. The summed E-state index contributed by atoms with van der Waals surface area (Å²) in [6.45, 7) is 1.72. The van der Waals surface area contributed by atoms with E-state index in [1.54, 1.807) is 0 Å². The molecule has 3 saturated heterocycles. The van der Waals surface area contributed by atoms with Crippen molar-refractivity contribution in [3.8, 4) is 0 Å². The molecule has 19 nitrogen and oxygen atoms in total. The maximum atomic E-state index is 13.5. The summed E-state index contributed by atoms with van der Waals surface area (Å²) in [5.74, 6) is -0.246. The number of aliphatic hydroxyl groups excluding tert-OH is 11. The molecule has 3 aliphatic heterocycles. The van der Waals surface area contributed by atoms with Crippen molar-refractivity contribution in [2.45, 2.75) is 439 Å². The lowest BCUT2D eigenvalue weighted by Gasteiger charge is -2.48. The third kappa shape index (κ3) is 49.3. The summed E-state index contributed by atoms with van der Waals surface area (Å²) in [6, 6.07) is -0.898. The van der Waals surface area contributed by atoms with E-state index in [0.29, 0.717) is 12.8 Å². The molecule has 642 valence electrons. The lowest BCUT2D eigenvalue weighted by Crippen LogP contribution is -2.66. The molecule has 111 heavy (non-hydrogen) atoms. The van der Waals surface area contributed by atoms with Crippen LogP contribution in [0.5, 0.6) is 0 Å². The molecule has 3 rings (SSSR count). The predicted molar refractivity (Wildman–Crippen MR) is 447 cm³/mol. The van der Waals surface area contributed by atoms with Gasteiger partial charge in [-0.2, -0.15) is 0 Å². The number of amides is 1. The zero-order valence-corrected chi connectivity index (χ0v) is 69.2. The smallest absolute Gasteiger partial charge is 0.220 e. The SMILES string of the molecule is CC/C=C\C/C=C\C/C=C\C/C=C\C/C=C\C/C=C\C/C=C\C/C=C\C/C=C\CCCCCCCCCCCCCC(=O)NC(COC1OC(CO)C(OC2OC(CO)C(OC3OC(CO)C(O)C(O)C3O)C(O)C2O)C(O)C1O)C(O)CCCCCCCCCCCCCCCCCCCCCCCCCCCCC. The molecular formula is C92H161NO18. The van der Waals surface area contributed by atoms with Gasteiger partial charge in [0, 0.05) is 6.42 Å². The quantitative estimate of drug-likeness (QED) is 0.0199. The summed E-state index contributed by atoms with van der Waals surface area (Å²) in [4.78, 5) is 13.5. The molecule has 3 aliphatic rings. The summed E-state index contributed by atoms with van der Waals surface area (Å²) in [6.07, 6.45) is 71.8. The van der Waals surface area contributed by atoms with Crippen LogP contribution in [0.2, 0.25) is 0 Å². The summed E-state index contributed by atoms with van der Waals surface area (Å²) >= 11 is 0. The van der Waals surface area contributed by atoms with Gasteiger partial charge in [0.05, 0.1) is 38.6 Å². The fourth-order valence-corrected chi connectivity index (χ4v) is 14.5. The Balaban J connectivity index is 1.33. The molecule has 0 aromatic rings. The third-order valence-corrected chi connectivity index (χ3v) is 21.6. The van der Waals surface area contributed by atoms with E-state index in [2.05, 4.69) is 129 Å². The van der Waals surface area contributed by atoms with E-state index in [1.807, 2.05) is 0 Å². The number of nitrogens with one attached hydrogen (secondary N) is 1. The van der Waals surface area contributed by atoms with Crippen molar-refractivity contribution in [3.63, 3.8) is 0 Å². The van der Waals surface area contributed by atoms with Crippen LogP contribution in [-0.4, -0.2) is 193 Å². The average molecular weight is 1570 g/mol. The number of hydrogen-bond donors (Lipinski definition) is 12. The third-order valence-electron chi connectivity index (χ3n) is 21.6. The molecule has 0 saturated carbocycles. The Morgan fingerprint density at radius 2 is 0.622 bits per heavy atom. The molecule has 17 atom stereocenters. The lowest BCUT2D eigenvalue weighted by molar-refractivity contribution is -0.379. The van der Waals surface area contributed by atoms with Gasteiger partial charge in [-0.1, -0.05) is 354 Å². The van der Waals surface area contributed by atoms with E-state index < -0.39 is 124 Å². The maximum Gasteiger partial charge on any atom is 0.220 e. The number of hydrogen-bond acceptors (Lipinski definition) is 18. The first-order chi connectivity index (χ1) is 54.3. The number of carbonyl (C=O) groups excluding carboxylic acids is 1. The second-order valence-electron chi connectivity index (χ2n) is 31.3. The number of ether oxygens (including phenoxy) is 6. The summed E-state index contributed by atoms with van der Waals surface area (Å²) < 4.78 is 34.6. The number of carbonyl (C=O) groups is 1. The van der Waals surface area contributed by atoms with Gasteiger partial charge in [-0.3, -0.25) is 4.79 Å². The van der Waals surface area contributed by atoms with Gasteiger partial charge < -0.3 is 89.9 Å². The molecule has 0 aliphatic carbocycles. The van der Waals surface area contributed by atoms with Gasteiger partial charge in [0.15, 0.2) is 18.9 Å². The van der Waals surface area contributed by atoms with E-state index in [0.717, 1.165) is 116 Å². The van der Waals surface area contributed by atoms with Crippen molar-refractivity contribution >= 4 is 5.91 Å². The van der Waals surface area contributed by atoms with Crippen molar-refractivity contribution in [1.29, 1.82) is 0 Å². The van der Waals surface area contributed by atoms with Gasteiger partial charge in [-0.05, 0) is 83.5 Å². The highest BCUT2D eigenvalue weighted by molar-refractivity contribution is 5.76. The van der Waals surface area contributed by atoms with Crippen molar-refractivity contribution in [2.75, 3.05) is 26.4 Å². The van der Waals surface area contributed by atoms with Gasteiger partial charge in [-0.15, -0.1) is 0 Å². The van der Waals surface area contributed by atoms with Crippen molar-refractivity contribution in [2.24, 2.45) is 0 Å². The van der Waals surface area contributed by atoms with Crippen molar-refractivity contribution in [3.05, 3.63) is 109 Å². The van der Waals surface area contributed by atoms with E-state index in [9.17, 15) is 61.0 Å². The Kier molecular flexibility index (Phi) is 64.7. The fraction of sp³-hybridized carbons (Fsp3) is 0.793. The molecular weight excluding hydrogens is 1410 g/mol. The first kappa shape index (κ1) is 102. The van der Waals surface area contributed by atoms with Gasteiger partial charge in [0.1, 0.15) is 73.2 Å². The highest BCUT2D eigenvalue weighted by Crippen LogP contribution is 2.33. The minimum Gasteiger partial charge on any atom is -0.394 e. The first-order valence-corrected chi connectivity index (χ1v) is 44.6. The summed E-state index contributed by atoms with van der Waals surface area (Å²) in [7, 11) is 0. The van der Waals surface area contributed by atoms with Gasteiger partial charge in [0.2, 0.25) is 5.91 Å². The molecule has 0 spiro atoms. The van der Waals surface area contributed by atoms with Crippen molar-refractivity contribution < 1.29 is 89.4 Å². The average Bonchev–Trinajstić information content (AvgIpc) is 0.780. The van der Waals surface area contributed by atoms with E-state index in [4.69, 9.17) is 28.4 Å². The zero-order chi connectivity index (χ0) is 80.3. The largest absolute Gasteiger partial charge is 0.394 e. The molecule has 1 amide bonds. The van der Waals surface area contributed by atoms with Crippen LogP contribution in [0.1, 0.15) is 335 Å². The van der Waals surface area contributed by atoms with E-state index in [-0.39, 0.29) is 18.9 Å². The standard InChI is InChI=1S/C92H161NO18/c1-3-5-7-9-11-13-15-17-19-21-23-25-27-29-31-32-33-34-35-36-37-38-39-40-41-42-44-46-48-50-52-54-56-58-60-62-64-66-68-70-80(98)93-75(76(97)69-67-65-63-61-59-57-55-53-51-49-47-45-43-30-28-26-24-22-20-18-16-14-12-10-8-6-4-2)74-106-90-86(104)83(101)88(78(72-95)108-90)111-92-87(105)84(102)89(79(73-96)109-92)110-91-85(103)82(100)81(99)77(71-94)107-91/h5,7,11,13,17,19,23,25,29,31,33-34,36-37,39-40,42,44,75-79,81-92,94-97,99-105H,3-4,6,8-10,12,14-16,18,20-22,24,26-28,30,32,35,38,41,43,45-74H2,1-2H3,(H,93,98)/b7-5-,13-11-,19-17-,25-23-,31-29-,34-33-,37-36-,40-39-,44-42-. The second-order valence-corrected chi connectivity index (χ2v) is 31.3. The Labute approximate surface area is 672 Å². The normalized spacial score (nSPS) is 25.6. The Morgan fingerprint density at radius 3 is 0.973 bits per heavy atom. The van der Waals surface area contributed by atoms with Crippen LogP contribution in [0.25, 0.3) is 0 Å². The highest BCUT2D eigenvalue weighted by atomic mass is 16.8. The number of aliphatic hydroxyl groups is 11. The number of unbranched alkanes of at least 4 members (excludes halogenated alkanes) is 37. The monoisotopic (exact) mass is 1570 g/mol. The molecule has 17 unspecified atom stereocenters. The Hall–Kier alpha value is -3.55. The van der Waals surface area contributed by atoms with Crippen LogP contribution in [-0.2, 0) is 33.2 Å². The second kappa shape index (κ2) is 70.6. The maximum absolute atomic E-state index is 13.5. The zero-order valence-electron chi connectivity index (χ0n) is 69.2. The molecule has 12 N–H and O–H groups in total. The molecule has 3 heterocycles. The van der Waals surface area contributed by atoms with Gasteiger partial charge >= 0.3 is 0 Å². The predicted octanol–water partition coefficient (Wildman–Crippen LogP) is 16.8. The minimum absolute atomic E-state index is 0.246. The van der Waals surface area contributed by atoms with E-state index in [1.165, 1.54) is 186 Å². The molecule has 0 bridgehead atoms. The Bertz CT molecular complexity index is 2430. The van der Waals surface area contributed by atoms with E-state index >= 15 is 0 Å². The van der Waals surface area contributed by atoms with Crippen LogP contribution in [0, 0.1) is 0 Å². The van der Waals surface area contributed by atoms with Gasteiger partial charge in [-0.25, -0.2) is 0 Å². The summed E-state index contributed by atoms with van der Waals surface area (Å²) in [5.41, 5.74) is 0. The summed E-state index contributed by atoms with van der Waals surface area (Å²) in [5, 5.41) is 121. The van der Waals surface area contributed by atoms with Crippen LogP contribution >= 0.6 is 0 Å². The molecule has 3 fully saturated rings. The lowest BCUT2D eigenvalue weighted by atomic mass is 9.96. The van der Waals surface area contributed by atoms with Crippen LogP contribution in [0.15, 0.2) is 109 Å². The van der Waals surface area contributed by atoms with Crippen molar-refractivity contribution in [1.82, 2.24) is 5.32 Å². The van der Waals surface area contributed by atoms with Crippen LogP contribution in [0.3, 0.4) is 0 Å². The highest BCUT2D eigenvalue weighted by Gasteiger charge is 2.54. The molecule has 19 heteroatoms.